The topological polar surface area (TPSA) is 59.8 Å². The van der Waals surface area contributed by atoms with E-state index in [0.717, 1.165) is 5.56 Å². The molecule has 1 atom stereocenters. The number of anilines is 1. The van der Waals surface area contributed by atoms with Crippen LogP contribution in [-0.4, -0.2) is 25.9 Å². The molecule has 5 nitrogen and oxygen atoms in total. The van der Waals surface area contributed by atoms with Gasteiger partial charge < -0.3 is 9.88 Å². The fourth-order valence-corrected chi connectivity index (χ4v) is 3.47. The van der Waals surface area contributed by atoms with Crippen molar-refractivity contribution in [1.29, 1.82) is 0 Å². The number of amides is 1. The summed E-state index contributed by atoms with van der Waals surface area (Å²) in [6.07, 6.45) is 0. The molecule has 1 amide bonds. The van der Waals surface area contributed by atoms with Crippen molar-refractivity contribution in [2.24, 2.45) is 7.05 Å². The van der Waals surface area contributed by atoms with E-state index in [0.29, 0.717) is 27.3 Å². The normalized spacial score (nSPS) is 12.0. The Kier molecular flexibility index (Phi) is 5.82. The van der Waals surface area contributed by atoms with Gasteiger partial charge in [-0.1, -0.05) is 41.6 Å². The molecule has 0 bridgehead atoms. The maximum atomic E-state index is 14.0. The van der Waals surface area contributed by atoms with Crippen LogP contribution in [0.1, 0.15) is 12.5 Å². The lowest BCUT2D eigenvalue weighted by Gasteiger charge is -2.14. The van der Waals surface area contributed by atoms with E-state index >= 15 is 0 Å². The Bertz CT molecular complexity index is 992. The maximum absolute atomic E-state index is 14.0. The number of nitrogens with zero attached hydrogens (tertiary/aromatic N) is 3. The number of aromatic nitrogens is 3. The van der Waals surface area contributed by atoms with Crippen LogP contribution in [0.4, 0.5) is 10.1 Å². The Morgan fingerprint density at radius 2 is 1.96 bits per heavy atom. The summed E-state index contributed by atoms with van der Waals surface area (Å²) in [4.78, 5) is 12.5. The number of carbonyl (C=O) groups excluding carboxylic acids is 1. The van der Waals surface area contributed by atoms with Gasteiger partial charge in [0, 0.05) is 17.8 Å². The van der Waals surface area contributed by atoms with Gasteiger partial charge in [0.15, 0.2) is 11.0 Å². The van der Waals surface area contributed by atoms with Crippen molar-refractivity contribution in [2.75, 3.05) is 5.32 Å². The zero-order valence-corrected chi connectivity index (χ0v) is 16.6. The molecule has 3 rings (SSSR count). The van der Waals surface area contributed by atoms with E-state index in [1.165, 1.54) is 17.8 Å². The summed E-state index contributed by atoms with van der Waals surface area (Å²) in [5.74, 6) is -0.138. The van der Waals surface area contributed by atoms with Gasteiger partial charge in [-0.15, -0.1) is 10.2 Å². The maximum Gasteiger partial charge on any atom is 0.237 e. The first-order valence-corrected chi connectivity index (χ1v) is 9.51. The highest BCUT2D eigenvalue weighted by Gasteiger charge is 2.21. The smallest absolute Gasteiger partial charge is 0.237 e. The van der Waals surface area contributed by atoms with Crippen molar-refractivity contribution >= 4 is 35.0 Å². The third kappa shape index (κ3) is 4.14. The lowest BCUT2D eigenvalue weighted by Crippen LogP contribution is -2.23. The highest BCUT2D eigenvalue weighted by molar-refractivity contribution is 8.00. The molecule has 0 fully saturated rings. The number of halogens is 2. The van der Waals surface area contributed by atoms with Crippen molar-refractivity contribution in [3.05, 3.63) is 58.9 Å². The minimum Gasteiger partial charge on any atom is -0.325 e. The van der Waals surface area contributed by atoms with E-state index < -0.39 is 5.25 Å². The van der Waals surface area contributed by atoms with Crippen LogP contribution in [0, 0.1) is 12.7 Å². The van der Waals surface area contributed by atoms with E-state index in [1.807, 2.05) is 6.92 Å². The van der Waals surface area contributed by atoms with Crippen molar-refractivity contribution in [1.82, 2.24) is 14.8 Å². The summed E-state index contributed by atoms with van der Waals surface area (Å²) in [7, 11) is 1.75. The molecule has 0 saturated heterocycles. The summed E-state index contributed by atoms with van der Waals surface area (Å²) >= 11 is 7.34. The minimum absolute atomic E-state index is 0.180. The van der Waals surface area contributed by atoms with Gasteiger partial charge in [0.05, 0.1) is 10.8 Å². The van der Waals surface area contributed by atoms with Gasteiger partial charge in [-0.05, 0) is 43.7 Å². The fraction of sp³-hybridized carbons (Fsp3) is 0.211. The minimum atomic E-state index is -0.431. The van der Waals surface area contributed by atoms with Crippen LogP contribution < -0.4 is 5.32 Å². The molecule has 0 saturated carbocycles. The molecule has 0 radical (unpaired) electrons. The van der Waals surface area contributed by atoms with Crippen LogP contribution in [-0.2, 0) is 11.8 Å². The molecule has 0 aliphatic carbocycles. The summed E-state index contributed by atoms with van der Waals surface area (Å²) in [5.41, 5.74) is 1.85. The molecule has 2 aromatic carbocycles. The first kappa shape index (κ1) is 19.4. The van der Waals surface area contributed by atoms with E-state index in [4.69, 9.17) is 11.6 Å². The first-order chi connectivity index (χ1) is 12.9. The van der Waals surface area contributed by atoms with Gasteiger partial charge >= 0.3 is 0 Å². The van der Waals surface area contributed by atoms with Gasteiger partial charge in [-0.2, -0.15) is 0 Å². The van der Waals surface area contributed by atoms with Gasteiger partial charge in [0.25, 0.3) is 0 Å². The van der Waals surface area contributed by atoms with Crippen LogP contribution in [0.25, 0.3) is 11.4 Å². The third-order valence-corrected chi connectivity index (χ3v) is 5.67. The summed E-state index contributed by atoms with van der Waals surface area (Å²) < 4.78 is 15.7. The average molecular weight is 405 g/mol. The predicted octanol–water partition coefficient (Wildman–Crippen LogP) is 4.70. The molecule has 27 heavy (non-hydrogen) atoms. The van der Waals surface area contributed by atoms with Gasteiger partial charge in [-0.25, -0.2) is 4.39 Å². The number of thioether (sulfide) groups is 1. The molecule has 1 N–H and O–H groups in total. The number of hydrogen-bond acceptors (Lipinski definition) is 4. The Morgan fingerprint density at radius 3 is 2.70 bits per heavy atom. The van der Waals surface area contributed by atoms with Crippen molar-refractivity contribution in [2.45, 2.75) is 24.3 Å². The number of rotatable bonds is 5. The second-order valence-electron chi connectivity index (χ2n) is 6.01. The van der Waals surface area contributed by atoms with Crippen molar-refractivity contribution < 1.29 is 9.18 Å². The Balaban J connectivity index is 1.75. The third-order valence-electron chi connectivity index (χ3n) is 4.13. The number of nitrogens with one attached hydrogen (secondary N) is 1. The lowest BCUT2D eigenvalue weighted by molar-refractivity contribution is -0.115. The van der Waals surface area contributed by atoms with Crippen LogP contribution in [0.15, 0.2) is 47.6 Å². The standard InChI is InChI=1S/C19H18ClFN4OS/c1-11-14(20)8-6-10-16(11)22-18(26)12(2)27-19-24-23-17(25(19)3)13-7-4-5-9-15(13)21/h4-10,12H,1-3H3,(H,22,26)/t12-/m1/s1. The highest BCUT2D eigenvalue weighted by atomic mass is 35.5. The zero-order chi connectivity index (χ0) is 19.6. The van der Waals surface area contributed by atoms with Gasteiger partial charge in [0.1, 0.15) is 5.82 Å². The Labute approximate surface area is 166 Å². The summed E-state index contributed by atoms with van der Waals surface area (Å²) in [6, 6.07) is 11.7. The molecule has 0 aliphatic heterocycles. The highest BCUT2D eigenvalue weighted by Crippen LogP contribution is 2.28. The van der Waals surface area contributed by atoms with Crippen LogP contribution >= 0.6 is 23.4 Å². The SMILES string of the molecule is Cc1c(Cl)cccc1NC(=O)[C@@H](C)Sc1nnc(-c2ccccc2F)n1C. The van der Waals surface area contributed by atoms with Gasteiger partial charge in [0.2, 0.25) is 5.91 Å². The molecular formula is C19H18ClFN4OS. The second-order valence-corrected chi connectivity index (χ2v) is 7.72. The average Bonchev–Trinajstić information content (AvgIpc) is 3.00. The molecule has 0 spiro atoms. The zero-order valence-electron chi connectivity index (χ0n) is 15.0. The number of hydrogen-bond donors (Lipinski definition) is 1. The molecule has 0 unspecified atom stereocenters. The number of carbonyl (C=O) groups is 1. The molecule has 1 aromatic heterocycles. The van der Waals surface area contributed by atoms with Gasteiger partial charge in [-0.3, -0.25) is 4.79 Å². The predicted molar refractivity (Wildman–Crippen MR) is 107 cm³/mol. The Hall–Kier alpha value is -2.38. The first-order valence-electron chi connectivity index (χ1n) is 8.25. The molecular weight excluding hydrogens is 387 g/mol. The van der Waals surface area contributed by atoms with E-state index in [1.54, 1.807) is 54.9 Å². The summed E-state index contributed by atoms with van der Waals surface area (Å²) in [6.45, 7) is 3.62. The van der Waals surface area contributed by atoms with Crippen LogP contribution in [0.2, 0.25) is 5.02 Å². The molecule has 3 aromatic rings. The largest absolute Gasteiger partial charge is 0.325 e. The monoisotopic (exact) mass is 404 g/mol. The van der Waals surface area contributed by atoms with Crippen LogP contribution in [0.3, 0.4) is 0 Å². The van der Waals surface area contributed by atoms with Crippen LogP contribution in [0.5, 0.6) is 0 Å². The summed E-state index contributed by atoms with van der Waals surface area (Å²) in [5, 5.41) is 11.7. The lowest BCUT2D eigenvalue weighted by atomic mass is 10.2. The van der Waals surface area contributed by atoms with E-state index in [2.05, 4.69) is 15.5 Å². The van der Waals surface area contributed by atoms with Crippen molar-refractivity contribution in [3.63, 3.8) is 0 Å². The van der Waals surface area contributed by atoms with E-state index in [9.17, 15) is 9.18 Å². The fourth-order valence-electron chi connectivity index (χ4n) is 2.48. The second kappa shape index (κ2) is 8.10. The van der Waals surface area contributed by atoms with Crippen molar-refractivity contribution in [3.8, 4) is 11.4 Å². The Morgan fingerprint density at radius 1 is 1.22 bits per heavy atom. The number of benzene rings is 2. The van der Waals surface area contributed by atoms with E-state index in [-0.39, 0.29) is 11.7 Å². The molecule has 8 heteroatoms. The molecule has 1 heterocycles. The molecule has 0 aliphatic rings. The quantitative estimate of drug-likeness (QED) is 0.626. The molecule has 140 valence electrons.